The first-order valence-corrected chi connectivity index (χ1v) is 7.95. The lowest BCUT2D eigenvalue weighted by Crippen LogP contribution is -2.28. The van der Waals surface area contributed by atoms with Gasteiger partial charge in [0.05, 0.1) is 44.2 Å². The molecule has 0 aliphatic heterocycles. The van der Waals surface area contributed by atoms with E-state index >= 15 is 0 Å². The SMILES string of the molecule is CCCC(C)OC(C)COC(C)COC(C)COCC. The van der Waals surface area contributed by atoms with Gasteiger partial charge in [-0.05, 0) is 41.0 Å². The van der Waals surface area contributed by atoms with Crippen molar-refractivity contribution in [2.24, 2.45) is 0 Å². The van der Waals surface area contributed by atoms with Crippen LogP contribution < -0.4 is 0 Å². The van der Waals surface area contributed by atoms with Gasteiger partial charge in [-0.2, -0.15) is 0 Å². The van der Waals surface area contributed by atoms with Crippen LogP contribution in [-0.4, -0.2) is 50.8 Å². The van der Waals surface area contributed by atoms with Crippen LogP contribution in [0.5, 0.6) is 0 Å². The zero-order chi connectivity index (χ0) is 15.4. The molecule has 4 nitrogen and oxygen atoms in total. The van der Waals surface area contributed by atoms with Gasteiger partial charge in [-0.1, -0.05) is 13.3 Å². The molecule has 0 N–H and O–H groups in total. The fraction of sp³-hybridized carbons (Fsp3) is 1.00. The summed E-state index contributed by atoms with van der Waals surface area (Å²) in [6.45, 7) is 14.9. The van der Waals surface area contributed by atoms with Crippen LogP contribution in [0.1, 0.15) is 54.4 Å². The van der Waals surface area contributed by atoms with Crippen LogP contribution in [0, 0.1) is 0 Å². The Morgan fingerprint density at radius 3 is 1.80 bits per heavy atom. The maximum Gasteiger partial charge on any atom is 0.0784 e. The molecule has 0 spiro atoms. The first-order chi connectivity index (χ1) is 9.49. The summed E-state index contributed by atoms with van der Waals surface area (Å²) in [4.78, 5) is 0. The fourth-order valence-corrected chi connectivity index (χ4v) is 1.89. The summed E-state index contributed by atoms with van der Waals surface area (Å²) in [5.74, 6) is 0. The van der Waals surface area contributed by atoms with Crippen molar-refractivity contribution in [3.8, 4) is 0 Å². The van der Waals surface area contributed by atoms with E-state index in [1.807, 2.05) is 20.8 Å². The molecule has 4 unspecified atom stereocenters. The highest BCUT2D eigenvalue weighted by atomic mass is 16.6. The van der Waals surface area contributed by atoms with Gasteiger partial charge in [-0.3, -0.25) is 0 Å². The molecule has 0 heterocycles. The predicted molar refractivity (Wildman–Crippen MR) is 82.2 cm³/mol. The van der Waals surface area contributed by atoms with Crippen molar-refractivity contribution in [1.82, 2.24) is 0 Å². The molecule has 0 aromatic rings. The van der Waals surface area contributed by atoms with Crippen LogP contribution in [0.4, 0.5) is 0 Å². The highest BCUT2D eigenvalue weighted by Gasteiger charge is 2.11. The van der Waals surface area contributed by atoms with Gasteiger partial charge in [0.15, 0.2) is 0 Å². The Bertz CT molecular complexity index is 211. The summed E-state index contributed by atoms with van der Waals surface area (Å²) in [5, 5.41) is 0. The molecule has 0 saturated carbocycles. The second-order valence-electron chi connectivity index (χ2n) is 5.49. The summed E-state index contributed by atoms with van der Waals surface area (Å²) in [5.41, 5.74) is 0. The highest BCUT2D eigenvalue weighted by Crippen LogP contribution is 2.06. The van der Waals surface area contributed by atoms with Crippen molar-refractivity contribution < 1.29 is 18.9 Å². The molecule has 0 bridgehead atoms. The molecule has 0 aliphatic rings. The molecule has 0 aliphatic carbocycles. The van der Waals surface area contributed by atoms with E-state index in [0.29, 0.717) is 25.9 Å². The molecule has 20 heavy (non-hydrogen) atoms. The van der Waals surface area contributed by atoms with E-state index in [4.69, 9.17) is 18.9 Å². The van der Waals surface area contributed by atoms with Gasteiger partial charge >= 0.3 is 0 Å². The largest absolute Gasteiger partial charge is 0.379 e. The quantitative estimate of drug-likeness (QED) is 0.521. The average Bonchev–Trinajstić information content (AvgIpc) is 2.40. The summed E-state index contributed by atoms with van der Waals surface area (Å²) in [7, 11) is 0. The topological polar surface area (TPSA) is 36.9 Å². The minimum absolute atomic E-state index is 0.0756. The first-order valence-electron chi connectivity index (χ1n) is 7.95. The molecule has 4 heteroatoms. The Kier molecular flexibility index (Phi) is 12.5. The third-order valence-corrected chi connectivity index (χ3v) is 2.95. The molecule has 0 saturated heterocycles. The third kappa shape index (κ3) is 11.6. The van der Waals surface area contributed by atoms with Gasteiger partial charge in [0, 0.05) is 6.61 Å². The van der Waals surface area contributed by atoms with Crippen LogP contribution in [-0.2, 0) is 18.9 Å². The Morgan fingerprint density at radius 1 is 0.700 bits per heavy atom. The first kappa shape index (κ1) is 19.8. The predicted octanol–water partition coefficient (Wildman–Crippen LogP) is 3.43. The van der Waals surface area contributed by atoms with E-state index < -0.39 is 0 Å². The van der Waals surface area contributed by atoms with Crippen LogP contribution >= 0.6 is 0 Å². The lowest BCUT2D eigenvalue weighted by Gasteiger charge is -2.22. The number of hydrogen-bond donors (Lipinski definition) is 0. The lowest BCUT2D eigenvalue weighted by molar-refractivity contribution is -0.0908. The van der Waals surface area contributed by atoms with Crippen LogP contribution in [0.25, 0.3) is 0 Å². The molecule has 0 aromatic carbocycles. The van der Waals surface area contributed by atoms with Gasteiger partial charge in [-0.25, -0.2) is 0 Å². The molecule has 122 valence electrons. The van der Waals surface area contributed by atoms with Crippen LogP contribution in [0.15, 0.2) is 0 Å². The molecule has 0 radical (unpaired) electrons. The van der Waals surface area contributed by atoms with Gasteiger partial charge in [0.2, 0.25) is 0 Å². The Balaban J connectivity index is 3.63. The van der Waals surface area contributed by atoms with E-state index in [2.05, 4.69) is 20.8 Å². The minimum Gasteiger partial charge on any atom is -0.379 e. The minimum atomic E-state index is 0.0756. The lowest BCUT2D eigenvalue weighted by atomic mass is 10.2. The second-order valence-corrected chi connectivity index (χ2v) is 5.49. The molecule has 4 atom stereocenters. The fourth-order valence-electron chi connectivity index (χ4n) is 1.89. The maximum absolute atomic E-state index is 5.83. The van der Waals surface area contributed by atoms with E-state index in [-0.39, 0.29) is 18.3 Å². The van der Waals surface area contributed by atoms with Crippen LogP contribution in [0.2, 0.25) is 0 Å². The summed E-state index contributed by atoms with van der Waals surface area (Å²) in [6.07, 6.45) is 2.86. The molecule has 0 amide bonds. The van der Waals surface area contributed by atoms with Crippen LogP contribution in [0.3, 0.4) is 0 Å². The Morgan fingerprint density at radius 2 is 1.25 bits per heavy atom. The zero-order valence-corrected chi connectivity index (χ0v) is 14.2. The van der Waals surface area contributed by atoms with E-state index in [1.54, 1.807) is 0 Å². The smallest absolute Gasteiger partial charge is 0.0784 e. The van der Waals surface area contributed by atoms with Crippen molar-refractivity contribution in [1.29, 1.82) is 0 Å². The number of hydrogen-bond acceptors (Lipinski definition) is 4. The van der Waals surface area contributed by atoms with E-state index in [9.17, 15) is 0 Å². The van der Waals surface area contributed by atoms with Crippen molar-refractivity contribution in [2.45, 2.75) is 78.8 Å². The molecular formula is C16H34O4. The molecule has 0 aromatic heterocycles. The van der Waals surface area contributed by atoms with Crippen molar-refractivity contribution in [2.75, 3.05) is 26.4 Å². The van der Waals surface area contributed by atoms with Gasteiger partial charge in [0.1, 0.15) is 0 Å². The number of ether oxygens (including phenoxy) is 4. The van der Waals surface area contributed by atoms with Crippen molar-refractivity contribution >= 4 is 0 Å². The van der Waals surface area contributed by atoms with Gasteiger partial charge < -0.3 is 18.9 Å². The maximum atomic E-state index is 5.83. The molecular weight excluding hydrogens is 256 g/mol. The Labute approximate surface area is 125 Å². The van der Waals surface area contributed by atoms with E-state index in [0.717, 1.165) is 19.4 Å². The zero-order valence-electron chi connectivity index (χ0n) is 14.2. The van der Waals surface area contributed by atoms with E-state index in [1.165, 1.54) is 0 Å². The monoisotopic (exact) mass is 290 g/mol. The van der Waals surface area contributed by atoms with Gasteiger partial charge in [0.25, 0.3) is 0 Å². The molecule has 0 rings (SSSR count). The second kappa shape index (κ2) is 12.6. The summed E-state index contributed by atoms with van der Waals surface area (Å²) in [6, 6.07) is 0. The highest BCUT2D eigenvalue weighted by molar-refractivity contribution is 4.57. The summed E-state index contributed by atoms with van der Waals surface area (Å²) >= 11 is 0. The van der Waals surface area contributed by atoms with Gasteiger partial charge in [-0.15, -0.1) is 0 Å². The normalized spacial score (nSPS) is 17.7. The number of rotatable bonds is 13. The average molecular weight is 290 g/mol. The molecule has 0 fully saturated rings. The standard InChI is InChI=1S/C16H34O4/c1-7-9-13(3)20-16(6)12-19-15(5)11-18-14(4)10-17-8-2/h13-16H,7-12H2,1-6H3. The third-order valence-electron chi connectivity index (χ3n) is 2.95. The Hall–Kier alpha value is -0.160. The van der Waals surface area contributed by atoms with Crippen molar-refractivity contribution in [3.63, 3.8) is 0 Å². The van der Waals surface area contributed by atoms with Crippen molar-refractivity contribution in [3.05, 3.63) is 0 Å². The summed E-state index contributed by atoms with van der Waals surface area (Å²) < 4.78 is 22.6.